The van der Waals surface area contributed by atoms with E-state index in [4.69, 9.17) is 0 Å². The van der Waals surface area contributed by atoms with Crippen LogP contribution in [-0.4, -0.2) is 36.5 Å². The van der Waals surface area contributed by atoms with Gasteiger partial charge in [-0.1, -0.05) is 60.3 Å². The number of phenols is 1. The van der Waals surface area contributed by atoms with Gasteiger partial charge in [0.05, 0.1) is 10.9 Å². The second kappa shape index (κ2) is 8.79. The van der Waals surface area contributed by atoms with Gasteiger partial charge in [-0.3, -0.25) is 4.79 Å². The highest BCUT2D eigenvalue weighted by Crippen LogP contribution is 2.29. The Morgan fingerprint density at radius 2 is 1.70 bits per heavy atom. The van der Waals surface area contributed by atoms with E-state index in [9.17, 15) is 9.90 Å². The predicted molar refractivity (Wildman–Crippen MR) is 117 cm³/mol. The van der Waals surface area contributed by atoms with Gasteiger partial charge in [-0.2, -0.15) is 4.68 Å². The molecule has 7 nitrogen and oxygen atoms in total. The summed E-state index contributed by atoms with van der Waals surface area (Å²) in [5.41, 5.74) is 3.43. The summed E-state index contributed by atoms with van der Waals surface area (Å²) < 4.78 is 1.53. The van der Waals surface area contributed by atoms with E-state index in [-0.39, 0.29) is 11.7 Å². The third kappa shape index (κ3) is 4.33. The van der Waals surface area contributed by atoms with Gasteiger partial charge in [-0.15, -0.1) is 5.10 Å². The number of rotatable bonds is 6. The van der Waals surface area contributed by atoms with Gasteiger partial charge in [0.25, 0.3) is 0 Å². The Morgan fingerprint density at radius 3 is 2.47 bits per heavy atom. The molecule has 0 saturated heterocycles. The smallest absolute Gasteiger partial charge is 0.237 e. The zero-order valence-electron chi connectivity index (χ0n) is 16.1. The first kappa shape index (κ1) is 19.7. The van der Waals surface area contributed by atoms with Crippen LogP contribution in [0.1, 0.15) is 6.92 Å². The van der Waals surface area contributed by atoms with Crippen LogP contribution in [0, 0.1) is 0 Å². The second-order valence-electron chi connectivity index (χ2n) is 6.55. The molecule has 0 bridgehead atoms. The maximum Gasteiger partial charge on any atom is 0.237 e. The number of carbonyl (C=O) groups is 1. The molecular weight excluding hydrogens is 398 g/mol. The Kier molecular flexibility index (Phi) is 5.76. The van der Waals surface area contributed by atoms with Crippen molar-refractivity contribution in [1.82, 2.24) is 20.2 Å². The number of anilines is 1. The van der Waals surface area contributed by atoms with Gasteiger partial charge in [0.15, 0.2) is 0 Å². The van der Waals surface area contributed by atoms with Gasteiger partial charge in [0, 0.05) is 11.3 Å². The molecule has 4 rings (SSSR count). The first-order chi connectivity index (χ1) is 14.6. The van der Waals surface area contributed by atoms with Crippen molar-refractivity contribution in [2.45, 2.75) is 17.3 Å². The lowest BCUT2D eigenvalue weighted by molar-refractivity contribution is -0.115. The molecule has 0 aliphatic rings. The van der Waals surface area contributed by atoms with Crippen molar-refractivity contribution in [3.63, 3.8) is 0 Å². The van der Waals surface area contributed by atoms with Crippen LogP contribution in [0.25, 0.3) is 16.8 Å². The zero-order chi connectivity index (χ0) is 20.9. The summed E-state index contributed by atoms with van der Waals surface area (Å²) >= 11 is 1.26. The molecule has 0 aliphatic heterocycles. The van der Waals surface area contributed by atoms with Crippen molar-refractivity contribution < 1.29 is 9.90 Å². The van der Waals surface area contributed by atoms with Crippen LogP contribution in [-0.2, 0) is 4.79 Å². The summed E-state index contributed by atoms with van der Waals surface area (Å²) in [5.74, 6) is 0.00879. The number of carbonyl (C=O) groups excluding carboxylic acids is 1. The van der Waals surface area contributed by atoms with Crippen LogP contribution in [0.3, 0.4) is 0 Å². The molecule has 30 heavy (non-hydrogen) atoms. The van der Waals surface area contributed by atoms with Crippen LogP contribution in [0.5, 0.6) is 5.75 Å². The highest BCUT2D eigenvalue weighted by Gasteiger charge is 2.20. The Bertz CT molecular complexity index is 1150. The minimum atomic E-state index is -0.435. The van der Waals surface area contributed by atoms with Crippen LogP contribution in [0.15, 0.2) is 84.0 Å². The average Bonchev–Trinajstić information content (AvgIpc) is 3.23. The molecule has 8 heteroatoms. The predicted octanol–water partition coefficient (Wildman–Crippen LogP) is 4.15. The lowest BCUT2D eigenvalue weighted by Gasteiger charge is -2.14. The third-order valence-corrected chi connectivity index (χ3v) is 5.49. The van der Waals surface area contributed by atoms with Crippen LogP contribution in [0.2, 0.25) is 0 Å². The Balaban J connectivity index is 1.50. The van der Waals surface area contributed by atoms with E-state index < -0.39 is 5.25 Å². The molecule has 0 aliphatic carbocycles. The topological polar surface area (TPSA) is 92.9 Å². The highest BCUT2D eigenvalue weighted by atomic mass is 32.2. The first-order valence-corrected chi connectivity index (χ1v) is 10.2. The number of nitrogens with zero attached hydrogens (tertiary/aromatic N) is 4. The molecule has 3 aromatic carbocycles. The Labute approximate surface area is 177 Å². The molecule has 2 N–H and O–H groups in total. The summed E-state index contributed by atoms with van der Waals surface area (Å²) in [6.45, 7) is 1.81. The fraction of sp³-hybridized carbons (Fsp3) is 0.0909. The van der Waals surface area contributed by atoms with Crippen LogP contribution < -0.4 is 5.32 Å². The SMILES string of the molecule is CC(Sc1nnnn1-c1ccc(O)cc1)C(=O)Nc1ccccc1-c1ccccc1. The minimum absolute atomic E-state index is 0.149. The minimum Gasteiger partial charge on any atom is -0.508 e. The van der Waals surface area contributed by atoms with Crippen molar-refractivity contribution in [1.29, 1.82) is 0 Å². The standard InChI is InChI=1S/C22H19N5O2S/c1-15(30-22-24-25-26-27(22)17-11-13-18(28)14-12-17)21(29)23-20-10-6-5-9-19(20)16-7-3-2-4-8-16/h2-15,28H,1H3,(H,23,29). The number of tetrazole rings is 1. The summed E-state index contributed by atoms with van der Waals surface area (Å²) in [6.07, 6.45) is 0. The molecule has 1 atom stereocenters. The molecule has 4 aromatic rings. The van der Waals surface area contributed by atoms with E-state index in [1.807, 2.05) is 54.6 Å². The second-order valence-corrected chi connectivity index (χ2v) is 7.86. The number of aromatic nitrogens is 4. The van der Waals surface area contributed by atoms with Gasteiger partial charge in [-0.25, -0.2) is 0 Å². The quantitative estimate of drug-likeness (QED) is 0.458. The molecule has 0 saturated carbocycles. The summed E-state index contributed by atoms with van der Waals surface area (Å²) in [5, 5.41) is 24.3. The van der Waals surface area contributed by atoms with Crippen molar-refractivity contribution in [3.8, 4) is 22.6 Å². The molecule has 0 fully saturated rings. The van der Waals surface area contributed by atoms with Crippen molar-refractivity contribution in [2.24, 2.45) is 0 Å². The number of thioether (sulfide) groups is 1. The normalized spacial score (nSPS) is 11.8. The number of phenolic OH excluding ortho intramolecular Hbond substituents is 1. The maximum absolute atomic E-state index is 12.9. The van der Waals surface area contributed by atoms with E-state index in [1.54, 1.807) is 31.2 Å². The number of amides is 1. The first-order valence-electron chi connectivity index (χ1n) is 9.31. The summed E-state index contributed by atoms with van der Waals surface area (Å²) in [7, 11) is 0. The molecule has 1 aromatic heterocycles. The van der Waals surface area contributed by atoms with E-state index in [0.29, 0.717) is 10.8 Å². The lowest BCUT2D eigenvalue weighted by atomic mass is 10.0. The molecule has 1 amide bonds. The number of nitrogens with one attached hydrogen (secondary N) is 1. The Morgan fingerprint density at radius 1 is 1.00 bits per heavy atom. The lowest BCUT2D eigenvalue weighted by Crippen LogP contribution is -2.23. The van der Waals surface area contributed by atoms with Gasteiger partial charge in [-0.05, 0) is 53.2 Å². The van der Waals surface area contributed by atoms with Gasteiger partial charge in [0.2, 0.25) is 11.1 Å². The number of para-hydroxylation sites is 1. The van der Waals surface area contributed by atoms with Gasteiger partial charge >= 0.3 is 0 Å². The Hall–Kier alpha value is -3.65. The largest absolute Gasteiger partial charge is 0.508 e. The molecule has 1 heterocycles. The number of aromatic hydroxyl groups is 1. The van der Waals surface area contributed by atoms with Crippen LogP contribution >= 0.6 is 11.8 Å². The van der Waals surface area contributed by atoms with Gasteiger partial charge < -0.3 is 10.4 Å². The maximum atomic E-state index is 12.9. The fourth-order valence-electron chi connectivity index (χ4n) is 2.92. The van der Waals surface area contributed by atoms with Crippen molar-refractivity contribution in [3.05, 3.63) is 78.9 Å². The monoisotopic (exact) mass is 417 g/mol. The molecule has 0 spiro atoms. The zero-order valence-corrected chi connectivity index (χ0v) is 17.0. The summed E-state index contributed by atoms with van der Waals surface area (Å²) in [6, 6.07) is 24.1. The van der Waals surface area contributed by atoms with E-state index >= 15 is 0 Å². The average molecular weight is 417 g/mol. The number of hydrogen-bond acceptors (Lipinski definition) is 6. The van der Waals surface area contributed by atoms with Crippen molar-refractivity contribution in [2.75, 3.05) is 5.32 Å². The number of benzene rings is 3. The van der Waals surface area contributed by atoms with Gasteiger partial charge in [0.1, 0.15) is 5.75 Å². The highest BCUT2D eigenvalue weighted by molar-refractivity contribution is 8.00. The summed E-state index contributed by atoms with van der Waals surface area (Å²) in [4.78, 5) is 12.9. The molecule has 0 radical (unpaired) electrons. The van der Waals surface area contributed by atoms with E-state index in [2.05, 4.69) is 20.8 Å². The van der Waals surface area contributed by atoms with Crippen LogP contribution in [0.4, 0.5) is 5.69 Å². The van der Waals surface area contributed by atoms with E-state index in [0.717, 1.165) is 16.8 Å². The third-order valence-electron chi connectivity index (χ3n) is 4.46. The fourth-order valence-corrected chi connectivity index (χ4v) is 3.72. The van der Waals surface area contributed by atoms with Crippen molar-refractivity contribution >= 4 is 23.4 Å². The molecule has 1 unspecified atom stereocenters. The van der Waals surface area contributed by atoms with E-state index in [1.165, 1.54) is 16.4 Å². The molecular formula is C22H19N5O2S. The number of hydrogen-bond donors (Lipinski definition) is 2. The molecule has 150 valence electrons.